The molecule has 0 spiro atoms. The second-order valence-corrected chi connectivity index (χ2v) is 9.25. The fraction of sp³-hybridized carbons (Fsp3) is 0.360. The Bertz CT molecular complexity index is 1310. The van der Waals surface area contributed by atoms with Gasteiger partial charge in [-0.25, -0.2) is 0 Å². The third-order valence-corrected chi connectivity index (χ3v) is 7.13. The maximum Gasteiger partial charge on any atom is 0.305 e. The Balaban J connectivity index is 2.12. The minimum absolute atomic E-state index is 0.105. The van der Waals surface area contributed by atoms with E-state index in [9.17, 15) is 39.6 Å². The summed E-state index contributed by atoms with van der Waals surface area (Å²) < 4.78 is 5.68. The molecule has 11 heteroatoms. The van der Waals surface area contributed by atoms with Crippen LogP contribution in [0.5, 0.6) is 5.75 Å². The quantitative estimate of drug-likeness (QED) is 0.286. The van der Waals surface area contributed by atoms with E-state index in [1.165, 1.54) is 44.1 Å². The monoisotopic (exact) mass is 498 g/mol. The van der Waals surface area contributed by atoms with E-state index in [2.05, 4.69) is 6.58 Å². The number of primary amides is 1. The Hall–Kier alpha value is -3.96. The summed E-state index contributed by atoms with van der Waals surface area (Å²) in [6.07, 6.45) is -1.60. The van der Waals surface area contributed by atoms with Crippen LogP contribution in [-0.4, -0.2) is 80.6 Å². The van der Waals surface area contributed by atoms with Gasteiger partial charge in [-0.15, -0.1) is 0 Å². The van der Waals surface area contributed by atoms with Gasteiger partial charge in [0.15, 0.2) is 11.4 Å². The van der Waals surface area contributed by atoms with Crippen molar-refractivity contribution in [1.29, 1.82) is 0 Å². The zero-order valence-corrected chi connectivity index (χ0v) is 19.8. The highest BCUT2D eigenvalue weighted by molar-refractivity contribution is 6.25. The number of nitrogens with zero attached hydrogens (tertiary/aromatic N) is 1. The number of aliphatic hydroxyl groups excluding tert-OH is 2. The van der Waals surface area contributed by atoms with E-state index >= 15 is 0 Å². The number of amides is 1. The summed E-state index contributed by atoms with van der Waals surface area (Å²) in [6.45, 7) is 5.53. The molecule has 1 aromatic carbocycles. The summed E-state index contributed by atoms with van der Waals surface area (Å²) in [6, 6.07) is 2.86. The summed E-state index contributed by atoms with van der Waals surface area (Å²) in [5.74, 6) is -9.59. The van der Waals surface area contributed by atoms with E-state index in [1.54, 1.807) is 0 Å². The highest BCUT2D eigenvalue weighted by Crippen LogP contribution is 2.56. The molecule has 3 aliphatic carbocycles. The van der Waals surface area contributed by atoms with Crippen LogP contribution in [0.2, 0.25) is 0 Å². The summed E-state index contributed by atoms with van der Waals surface area (Å²) in [5.41, 5.74) is 1.17. The number of ketones is 2. The van der Waals surface area contributed by atoms with Gasteiger partial charge in [0, 0.05) is 6.42 Å². The predicted octanol–water partition coefficient (Wildman–Crippen LogP) is 0.366. The minimum atomic E-state index is -2.98. The molecule has 6 N–H and O–H groups in total. The third-order valence-electron chi connectivity index (χ3n) is 7.13. The van der Waals surface area contributed by atoms with Crippen molar-refractivity contribution in [2.45, 2.75) is 31.1 Å². The zero-order valence-electron chi connectivity index (χ0n) is 19.8. The third kappa shape index (κ3) is 3.12. The molecule has 11 nitrogen and oxygen atoms in total. The van der Waals surface area contributed by atoms with Gasteiger partial charge in [-0.05, 0) is 31.3 Å². The molecule has 1 fully saturated rings. The van der Waals surface area contributed by atoms with Crippen molar-refractivity contribution >= 4 is 34.8 Å². The number of Topliss-reactive ketones (excluding diaryl/α,β-unsaturated/α-hetero) is 2. The maximum atomic E-state index is 13.9. The molecule has 4 rings (SSSR count). The van der Waals surface area contributed by atoms with Crippen LogP contribution in [0, 0.1) is 11.8 Å². The lowest BCUT2D eigenvalue weighted by atomic mass is 9.55. The van der Waals surface area contributed by atoms with E-state index < -0.39 is 75.7 Å². The molecule has 0 heterocycles. The molecule has 5 atom stereocenters. The first-order valence-corrected chi connectivity index (χ1v) is 11.2. The van der Waals surface area contributed by atoms with E-state index in [1.807, 2.05) is 0 Å². The fourth-order valence-corrected chi connectivity index (χ4v) is 5.56. The van der Waals surface area contributed by atoms with Crippen LogP contribution < -0.4 is 5.73 Å². The number of hydrogen-bond acceptors (Lipinski definition) is 10. The SMILES string of the molecule is C=C1c2cccc(O)c2C(O)=C2C(=O)[C@]3(O)C(O)=C(C(N)=O)C(=O)[C@@H](N(C)C)[C@@H]3[C@@H](OC(=O)CC)[C@H]12. The van der Waals surface area contributed by atoms with Crippen LogP contribution in [0.4, 0.5) is 0 Å². The van der Waals surface area contributed by atoms with Gasteiger partial charge in [0.05, 0.1) is 29.0 Å². The molecule has 0 saturated heterocycles. The first-order valence-electron chi connectivity index (χ1n) is 11.2. The molecule has 3 aliphatic rings. The van der Waals surface area contributed by atoms with Crippen molar-refractivity contribution in [2.75, 3.05) is 14.1 Å². The van der Waals surface area contributed by atoms with Crippen molar-refractivity contribution in [3.05, 3.63) is 52.8 Å². The lowest BCUT2D eigenvalue weighted by molar-refractivity contribution is -0.181. The number of aromatic hydroxyl groups is 1. The van der Waals surface area contributed by atoms with Gasteiger partial charge in [-0.3, -0.25) is 24.1 Å². The second kappa shape index (κ2) is 8.32. The number of benzene rings is 1. The van der Waals surface area contributed by atoms with Gasteiger partial charge in [0.2, 0.25) is 5.78 Å². The van der Waals surface area contributed by atoms with Crippen molar-refractivity contribution in [3.8, 4) is 5.75 Å². The number of phenols is 1. The molecule has 1 saturated carbocycles. The summed E-state index contributed by atoms with van der Waals surface area (Å²) in [5, 5.41) is 44.4. The number of carbonyl (C=O) groups is 4. The highest BCUT2D eigenvalue weighted by atomic mass is 16.5. The van der Waals surface area contributed by atoms with E-state index in [0.717, 1.165) is 0 Å². The Morgan fingerprint density at radius 2 is 1.83 bits per heavy atom. The van der Waals surface area contributed by atoms with E-state index in [-0.39, 0.29) is 28.9 Å². The molecule has 36 heavy (non-hydrogen) atoms. The number of aliphatic hydroxyl groups is 3. The molecule has 0 aromatic heterocycles. The Morgan fingerprint density at radius 3 is 2.39 bits per heavy atom. The molecule has 1 aromatic rings. The lowest BCUT2D eigenvalue weighted by Crippen LogP contribution is -2.70. The van der Waals surface area contributed by atoms with Gasteiger partial charge in [-0.1, -0.05) is 25.6 Å². The zero-order chi connectivity index (χ0) is 26.9. The average molecular weight is 498 g/mol. The number of phenolic OH excluding ortho intramolecular Hbond substituents is 1. The Morgan fingerprint density at radius 1 is 1.19 bits per heavy atom. The van der Waals surface area contributed by atoms with Crippen LogP contribution >= 0.6 is 0 Å². The highest BCUT2D eigenvalue weighted by Gasteiger charge is 2.69. The fourth-order valence-electron chi connectivity index (χ4n) is 5.56. The number of esters is 1. The van der Waals surface area contributed by atoms with Crippen molar-refractivity contribution in [3.63, 3.8) is 0 Å². The molecule has 0 aliphatic heterocycles. The van der Waals surface area contributed by atoms with Crippen LogP contribution in [0.25, 0.3) is 11.3 Å². The van der Waals surface area contributed by atoms with E-state index in [4.69, 9.17) is 10.5 Å². The van der Waals surface area contributed by atoms with Crippen LogP contribution in [0.1, 0.15) is 24.5 Å². The molecule has 190 valence electrons. The lowest BCUT2D eigenvalue weighted by Gasteiger charge is -2.53. The maximum absolute atomic E-state index is 13.9. The summed E-state index contributed by atoms with van der Waals surface area (Å²) >= 11 is 0. The minimum Gasteiger partial charge on any atom is -0.508 e. The van der Waals surface area contributed by atoms with Crippen molar-refractivity contribution in [1.82, 2.24) is 4.90 Å². The van der Waals surface area contributed by atoms with Gasteiger partial charge in [-0.2, -0.15) is 0 Å². The normalized spacial score (nSPS) is 29.6. The number of hydrogen-bond donors (Lipinski definition) is 5. The molecule has 0 radical (unpaired) electrons. The predicted molar refractivity (Wildman–Crippen MR) is 125 cm³/mol. The first kappa shape index (κ1) is 25.1. The van der Waals surface area contributed by atoms with Gasteiger partial charge < -0.3 is 30.9 Å². The topological polar surface area (TPSA) is 188 Å². The van der Waals surface area contributed by atoms with Crippen molar-refractivity contribution in [2.24, 2.45) is 17.6 Å². The van der Waals surface area contributed by atoms with Crippen molar-refractivity contribution < 1.29 is 44.3 Å². The number of ether oxygens (including phenoxy) is 1. The average Bonchev–Trinajstić information content (AvgIpc) is 2.80. The van der Waals surface area contributed by atoms with Crippen LogP contribution in [-0.2, 0) is 23.9 Å². The molecular formula is C25H26N2O9. The summed E-state index contributed by atoms with van der Waals surface area (Å²) in [4.78, 5) is 53.2. The van der Waals surface area contributed by atoms with Gasteiger partial charge in [0.1, 0.15) is 28.9 Å². The second-order valence-electron chi connectivity index (χ2n) is 9.25. The van der Waals surface area contributed by atoms with E-state index in [0.29, 0.717) is 0 Å². The number of carbonyl (C=O) groups excluding carboxylic acids is 4. The van der Waals surface area contributed by atoms with Crippen LogP contribution in [0.3, 0.4) is 0 Å². The molecule has 0 unspecified atom stereocenters. The van der Waals surface area contributed by atoms with Gasteiger partial charge >= 0.3 is 5.97 Å². The number of likely N-dealkylation sites (N-methyl/N-ethyl adjacent to an activating group) is 1. The Kier molecular flexibility index (Phi) is 5.81. The van der Waals surface area contributed by atoms with Gasteiger partial charge in [0.25, 0.3) is 5.91 Å². The smallest absolute Gasteiger partial charge is 0.305 e. The first-order chi connectivity index (χ1) is 16.8. The largest absolute Gasteiger partial charge is 0.508 e. The standard InChI is InChI=1S/C25H26N2O9/c1-5-12(29)36-21-13-9(2)10-7-6-8-11(28)14(10)19(30)15(13)22(32)25(35)17(21)18(27(3)4)20(31)16(23(25)33)24(26)34/h6-8,13,17-18,21,28,30,33,35H,2,5H2,1,3-4H3,(H2,26,34)/t13-,17-,18+,21+,25+/m1/s1. The number of nitrogens with two attached hydrogens (primary N) is 1. The number of rotatable bonds is 4. The van der Waals surface area contributed by atoms with Crippen LogP contribution in [0.15, 0.2) is 41.7 Å². The molecular weight excluding hydrogens is 472 g/mol. The Labute approximate surface area is 205 Å². The molecule has 1 amide bonds. The molecule has 0 bridgehead atoms. The summed E-state index contributed by atoms with van der Waals surface area (Å²) in [7, 11) is 2.89. The number of fused-ring (bicyclic) bond motifs is 3.